The van der Waals surface area contributed by atoms with Crippen molar-refractivity contribution in [3.63, 3.8) is 0 Å². The molecule has 27 heavy (non-hydrogen) atoms. The highest BCUT2D eigenvalue weighted by Crippen LogP contribution is 2.56. The zero-order chi connectivity index (χ0) is 21.2. The molecule has 0 aliphatic heterocycles. The van der Waals surface area contributed by atoms with Crippen molar-refractivity contribution in [2.75, 3.05) is 0 Å². The summed E-state index contributed by atoms with van der Waals surface area (Å²) in [6, 6.07) is 0. The van der Waals surface area contributed by atoms with E-state index >= 15 is 0 Å². The van der Waals surface area contributed by atoms with E-state index in [1.807, 2.05) is 6.08 Å². The van der Waals surface area contributed by atoms with Crippen LogP contribution in [-0.2, 0) is 0 Å². The molecular formula is C23H46Br2N2. The Kier molecular flexibility index (Phi) is 12.6. The lowest BCUT2D eigenvalue weighted by Gasteiger charge is -2.55. The molecule has 0 saturated heterocycles. The summed E-state index contributed by atoms with van der Waals surface area (Å²) in [5, 5.41) is 0. The molecule has 2 nitrogen and oxygen atoms in total. The van der Waals surface area contributed by atoms with Crippen LogP contribution in [0.2, 0.25) is 0 Å². The Morgan fingerprint density at radius 2 is 1.19 bits per heavy atom. The summed E-state index contributed by atoms with van der Waals surface area (Å²) in [5.74, 6) is 0. The van der Waals surface area contributed by atoms with Gasteiger partial charge in [0, 0.05) is 16.5 Å². The molecule has 0 amide bonds. The van der Waals surface area contributed by atoms with Crippen molar-refractivity contribution < 1.29 is 0 Å². The van der Waals surface area contributed by atoms with Crippen molar-refractivity contribution >= 4 is 31.9 Å². The number of rotatable bonds is 16. The van der Waals surface area contributed by atoms with E-state index in [1.165, 1.54) is 57.8 Å². The van der Waals surface area contributed by atoms with Gasteiger partial charge in [-0.25, -0.2) is 0 Å². The highest BCUT2D eigenvalue weighted by atomic mass is 79.9. The topological polar surface area (TPSA) is 52.0 Å². The highest BCUT2D eigenvalue weighted by Gasteiger charge is 2.58. The van der Waals surface area contributed by atoms with Gasteiger partial charge in [-0.05, 0) is 26.7 Å². The molecule has 0 aromatic heterocycles. The summed E-state index contributed by atoms with van der Waals surface area (Å²) in [4.78, 5) is 0. The molecule has 0 radical (unpaired) electrons. The summed E-state index contributed by atoms with van der Waals surface area (Å²) in [5.41, 5.74) is 12.4. The Balaban J connectivity index is 4.56. The van der Waals surface area contributed by atoms with Crippen LogP contribution >= 0.6 is 31.9 Å². The van der Waals surface area contributed by atoms with E-state index in [4.69, 9.17) is 11.5 Å². The second kappa shape index (κ2) is 12.3. The quantitative estimate of drug-likeness (QED) is 0.126. The van der Waals surface area contributed by atoms with E-state index in [1.54, 1.807) is 0 Å². The number of hydrogen-bond acceptors (Lipinski definition) is 2. The second-order valence-corrected chi connectivity index (χ2v) is 12.9. The molecule has 0 saturated carbocycles. The van der Waals surface area contributed by atoms with Crippen molar-refractivity contribution in [1.82, 2.24) is 0 Å². The molecule has 162 valence electrons. The Labute approximate surface area is 186 Å². The normalized spacial score (nSPS) is 15.6. The fourth-order valence-corrected chi connectivity index (χ4v) is 5.34. The maximum atomic E-state index is 6.96. The van der Waals surface area contributed by atoms with Crippen LogP contribution in [0.3, 0.4) is 0 Å². The third kappa shape index (κ3) is 8.10. The summed E-state index contributed by atoms with van der Waals surface area (Å²) in [6.45, 7) is 14.7. The van der Waals surface area contributed by atoms with Crippen molar-refractivity contribution in [1.29, 1.82) is 0 Å². The van der Waals surface area contributed by atoms with Gasteiger partial charge in [-0.15, -0.1) is 6.58 Å². The predicted octanol–water partition coefficient (Wildman–Crippen LogP) is 7.82. The fourth-order valence-electron chi connectivity index (χ4n) is 3.60. The highest BCUT2D eigenvalue weighted by molar-refractivity contribution is 9.25. The van der Waals surface area contributed by atoms with E-state index in [0.717, 1.165) is 19.3 Å². The first kappa shape index (κ1) is 27.6. The van der Waals surface area contributed by atoms with Gasteiger partial charge in [-0.1, -0.05) is 123 Å². The number of alkyl halides is 2. The van der Waals surface area contributed by atoms with Crippen molar-refractivity contribution in [3.05, 3.63) is 12.7 Å². The van der Waals surface area contributed by atoms with Crippen LogP contribution in [0.15, 0.2) is 12.7 Å². The molecule has 0 bridgehead atoms. The summed E-state index contributed by atoms with van der Waals surface area (Å²) in [6.07, 6.45) is 17.0. The molecule has 0 spiro atoms. The minimum absolute atomic E-state index is 0.254. The first-order valence-electron chi connectivity index (χ1n) is 10.9. The Hall–Kier alpha value is 0.620. The first-order chi connectivity index (χ1) is 12.4. The van der Waals surface area contributed by atoms with Gasteiger partial charge in [-0.2, -0.15) is 0 Å². The van der Waals surface area contributed by atoms with Gasteiger partial charge in [0.25, 0.3) is 0 Å². The zero-order valence-corrected chi connectivity index (χ0v) is 21.9. The number of hydrogen-bond donors (Lipinski definition) is 2. The lowest BCUT2D eigenvalue weighted by Crippen LogP contribution is -2.67. The molecule has 4 N–H and O–H groups in total. The molecule has 0 aliphatic rings. The van der Waals surface area contributed by atoms with Crippen LogP contribution in [0, 0.1) is 5.41 Å². The smallest absolute Gasteiger partial charge is 0.105 e. The minimum Gasteiger partial charge on any atom is -0.325 e. The molecular weight excluding hydrogens is 464 g/mol. The summed E-state index contributed by atoms with van der Waals surface area (Å²) in [7, 11) is 0. The van der Waals surface area contributed by atoms with Gasteiger partial charge in [0.2, 0.25) is 0 Å². The predicted molar refractivity (Wildman–Crippen MR) is 131 cm³/mol. The third-order valence-corrected chi connectivity index (χ3v) is 10.1. The minimum atomic E-state index is -0.467. The van der Waals surface area contributed by atoms with Crippen LogP contribution in [0.25, 0.3) is 0 Å². The van der Waals surface area contributed by atoms with Crippen LogP contribution in [0.5, 0.6) is 0 Å². The number of halogens is 2. The lowest BCUT2D eigenvalue weighted by atomic mass is 9.65. The van der Waals surface area contributed by atoms with Crippen LogP contribution in [-0.4, -0.2) is 14.3 Å². The van der Waals surface area contributed by atoms with Crippen molar-refractivity contribution in [2.24, 2.45) is 16.9 Å². The van der Waals surface area contributed by atoms with Gasteiger partial charge >= 0.3 is 0 Å². The first-order valence-corrected chi connectivity index (χ1v) is 12.5. The third-order valence-electron chi connectivity index (χ3n) is 6.51. The summed E-state index contributed by atoms with van der Waals surface area (Å²) < 4.78 is -0.467. The van der Waals surface area contributed by atoms with E-state index < -0.39 is 8.77 Å². The molecule has 0 rings (SSSR count). The maximum absolute atomic E-state index is 6.96. The lowest BCUT2D eigenvalue weighted by molar-refractivity contribution is 0.132. The molecule has 0 aliphatic carbocycles. The second-order valence-electron chi connectivity index (χ2n) is 9.50. The fraction of sp³-hybridized carbons (Fsp3) is 0.913. The zero-order valence-electron chi connectivity index (χ0n) is 18.7. The number of unbranched alkanes of at least 4 members (excludes halogenated alkanes) is 9. The van der Waals surface area contributed by atoms with Crippen LogP contribution in [0.1, 0.15) is 112 Å². The van der Waals surface area contributed by atoms with Crippen molar-refractivity contribution in [3.8, 4) is 0 Å². The van der Waals surface area contributed by atoms with E-state index in [0.29, 0.717) is 0 Å². The molecule has 1 atom stereocenters. The van der Waals surface area contributed by atoms with E-state index in [2.05, 4.69) is 73.1 Å². The number of nitrogens with two attached hydrogens (primary N) is 2. The maximum Gasteiger partial charge on any atom is 0.105 e. The van der Waals surface area contributed by atoms with Gasteiger partial charge in [0.1, 0.15) is 3.23 Å². The molecule has 1 unspecified atom stereocenters. The molecule has 0 aromatic carbocycles. The molecule has 0 heterocycles. The Morgan fingerprint density at radius 3 is 1.56 bits per heavy atom. The summed E-state index contributed by atoms with van der Waals surface area (Å²) >= 11 is 7.90. The van der Waals surface area contributed by atoms with Gasteiger partial charge in [-0.3, -0.25) is 0 Å². The SMILES string of the molecule is C=CCC(N)(CCCCCCCCCCCC)C(Br)(Br)C(C)(C)C(C)(C)N. The average Bonchev–Trinajstić information content (AvgIpc) is 2.55. The molecule has 0 aromatic rings. The largest absolute Gasteiger partial charge is 0.325 e. The van der Waals surface area contributed by atoms with E-state index in [9.17, 15) is 0 Å². The monoisotopic (exact) mass is 508 g/mol. The van der Waals surface area contributed by atoms with Gasteiger partial charge in [0.15, 0.2) is 0 Å². The Bertz CT molecular complexity index is 413. The standard InChI is InChI=1S/C23H46Br2N2/c1-7-9-10-11-12-13-14-15-16-17-19-22(27,18-8-2)23(24,25)20(3,4)21(5,6)26/h8H,2,7,9-19,26-27H2,1,3-6H3. The average molecular weight is 510 g/mol. The molecule has 4 heteroatoms. The van der Waals surface area contributed by atoms with E-state index in [-0.39, 0.29) is 11.0 Å². The van der Waals surface area contributed by atoms with Crippen LogP contribution < -0.4 is 11.5 Å². The van der Waals surface area contributed by atoms with Gasteiger partial charge < -0.3 is 11.5 Å². The van der Waals surface area contributed by atoms with Gasteiger partial charge in [0.05, 0.1) is 0 Å². The Morgan fingerprint density at radius 1 is 0.778 bits per heavy atom. The van der Waals surface area contributed by atoms with Crippen molar-refractivity contribution in [2.45, 2.75) is 126 Å². The van der Waals surface area contributed by atoms with Crippen LogP contribution in [0.4, 0.5) is 0 Å². The molecule has 0 fully saturated rings.